The second-order valence-corrected chi connectivity index (χ2v) is 2.37. The van der Waals surface area contributed by atoms with Gasteiger partial charge in [0.15, 0.2) is 0 Å². The van der Waals surface area contributed by atoms with Gasteiger partial charge in [-0.1, -0.05) is 6.08 Å². The van der Waals surface area contributed by atoms with Crippen molar-refractivity contribution in [2.24, 2.45) is 0 Å². The normalized spacial score (nSPS) is 11.4. The van der Waals surface area contributed by atoms with Crippen molar-refractivity contribution < 1.29 is 68.7 Å². The van der Waals surface area contributed by atoms with Crippen LogP contribution in [0.4, 0.5) is 17.3 Å². The molecule has 1 nitrogen and oxygen atoms in total. The van der Waals surface area contributed by atoms with Gasteiger partial charge in [-0.05, 0) is 12.1 Å². The van der Waals surface area contributed by atoms with Gasteiger partial charge >= 0.3 is 58.4 Å². The molecular formula is C7H5BF4KN. The molecule has 0 spiro atoms. The van der Waals surface area contributed by atoms with Crippen LogP contribution in [0.25, 0.3) is 6.08 Å². The molecule has 0 aromatic carbocycles. The van der Waals surface area contributed by atoms with Crippen molar-refractivity contribution in [2.75, 3.05) is 0 Å². The molecule has 0 N–H and O–H groups in total. The van der Waals surface area contributed by atoms with E-state index in [9.17, 15) is 17.3 Å². The van der Waals surface area contributed by atoms with Crippen molar-refractivity contribution in [1.29, 1.82) is 0 Å². The summed E-state index contributed by atoms with van der Waals surface area (Å²) >= 11 is 0. The molecule has 70 valence electrons. The Labute approximate surface area is 121 Å². The summed E-state index contributed by atoms with van der Waals surface area (Å²) in [7, 11) is 0. The van der Waals surface area contributed by atoms with Gasteiger partial charge in [-0.2, -0.15) is 4.39 Å². The zero-order valence-electron chi connectivity index (χ0n) is 7.42. The van der Waals surface area contributed by atoms with Crippen molar-refractivity contribution >= 4 is 13.1 Å². The first-order valence-corrected chi connectivity index (χ1v) is 3.49. The minimum absolute atomic E-state index is 0. The van der Waals surface area contributed by atoms with Gasteiger partial charge in [-0.15, -0.1) is 5.98 Å². The molecule has 0 amide bonds. The molecule has 0 radical (unpaired) electrons. The monoisotopic (exact) mass is 229 g/mol. The second-order valence-electron chi connectivity index (χ2n) is 2.37. The van der Waals surface area contributed by atoms with Crippen LogP contribution >= 0.6 is 0 Å². The number of aromatic nitrogens is 1. The van der Waals surface area contributed by atoms with Crippen LogP contribution in [0.3, 0.4) is 0 Å². The van der Waals surface area contributed by atoms with Crippen LogP contribution < -0.4 is 51.4 Å². The first-order chi connectivity index (χ1) is 5.99. The fraction of sp³-hybridized carbons (Fsp3) is 0. The predicted molar refractivity (Wildman–Crippen MR) is 42.3 cm³/mol. The number of hydrogen-bond donors (Lipinski definition) is 0. The third kappa shape index (κ3) is 5.26. The summed E-state index contributed by atoms with van der Waals surface area (Å²) in [6, 6.07) is 2.59. The summed E-state index contributed by atoms with van der Waals surface area (Å²) < 4.78 is 47.8. The Hall–Kier alpha value is 0.311. The van der Waals surface area contributed by atoms with E-state index in [1.54, 1.807) is 0 Å². The summed E-state index contributed by atoms with van der Waals surface area (Å²) in [4.78, 5) is 3.20. The summed E-state index contributed by atoms with van der Waals surface area (Å²) in [5.74, 6) is -0.876. The van der Waals surface area contributed by atoms with E-state index in [1.165, 1.54) is 18.3 Å². The van der Waals surface area contributed by atoms with E-state index in [1.807, 2.05) is 0 Å². The third-order valence-electron chi connectivity index (χ3n) is 1.28. The average Bonchev–Trinajstić information content (AvgIpc) is 2.01. The SMILES string of the molecule is Fc1ncccc1/C=C/[B-](F)(F)F.[K+]. The zero-order chi connectivity index (χ0) is 9.90. The Kier molecular flexibility index (Phi) is 6.15. The Morgan fingerprint density at radius 2 is 1.93 bits per heavy atom. The van der Waals surface area contributed by atoms with Gasteiger partial charge in [-0.3, -0.25) is 0 Å². The maximum Gasteiger partial charge on any atom is 1.00 e. The molecule has 0 fully saturated rings. The van der Waals surface area contributed by atoms with Gasteiger partial charge in [0.05, 0.1) is 0 Å². The molecule has 0 saturated carbocycles. The fourth-order valence-electron chi connectivity index (χ4n) is 0.736. The van der Waals surface area contributed by atoms with Gasteiger partial charge in [0.1, 0.15) is 0 Å². The molecule has 14 heavy (non-hydrogen) atoms. The molecule has 0 aliphatic heterocycles. The number of pyridine rings is 1. The molecule has 0 saturated heterocycles. The van der Waals surface area contributed by atoms with Crippen LogP contribution in [-0.4, -0.2) is 12.0 Å². The smallest absolute Gasteiger partial charge is 0.445 e. The summed E-state index contributed by atoms with van der Waals surface area (Å²) in [5.41, 5.74) is -0.165. The number of hydrogen-bond acceptors (Lipinski definition) is 1. The molecule has 0 aliphatic rings. The topological polar surface area (TPSA) is 12.9 Å². The minimum Gasteiger partial charge on any atom is -0.445 e. The van der Waals surface area contributed by atoms with E-state index in [0.29, 0.717) is 6.08 Å². The van der Waals surface area contributed by atoms with Crippen LogP contribution in [0, 0.1) is 5.95 Å². The molecule has 1 rings (SSSR count). The van der Waals surface area contributed by atoms with Crippen molar-refractivity contribution in [3.8, 4) is 0 Å². The second kappa shape index (κ2) is 6.02. The van der Waals surface area contributed by atoms with E-state index in [4.69, 9.17) is 0 Å². The van der Waals surface area contributed by atoms with E-state index in [0.717, 1.165) is 0 Å². The predicted octanol–water partition coefficient (Wildman–Crippen LogP) is -0.376. The molecular weight excluding hydrogens is 224 g/mol. The molecule has 0 bridgehead atoms. The minimum atomic E-state index is -5.02. The van der Waals surface area contributed by atoms with E-state index >= 15 is 0 Å². The standard InChI is InChI=1S/C7H5BF4N.K/c9-7-6(2-1-5-13-7)3-4-8(10,11)12;/h1-5H;/q-1;+1/b4-3+;. The van der Waals surface area contributed by atoms with E-state index in [2.05, 4.69) is 4.98 Å². The summed E-state index contributed by atoms with van der Waals surface area (Å²) in [5, 5.41) is 0. The first kappa shape index (κ1) is 14.3. The van der Waals surface area contributed by atoms with Crippen molar-refractivity contribution in [1.82, 2.24) is 4.98 Å². The van der Waals surface area contributed by atoms with Crippen LogP contribution in [-0.2, 0) is 0 Å². The first-order valence-electron chi connectivity index (χ1n) is 3.49. The number of rotatable bonds is 2. The molecule has 0 aliphatic carbocycles. The maximum atomic E-state index is 12.6. The Morgan fingerprint density at radius 1 is 1.29 bits per heavy atom. The van der Waals surface area contributed by atoms with Crippen LogP contribution in [0.15, 0.2) is 24.3 Å². The number of nitrogens with zero attached hydrogens (tertiary/aromatic N) is 1. The van der Waals surface area contributed by atoms with Crippen molar-refractivity contribution in [3.63, 3.8) is 0 Å². The maximum absolute atomic E-state index is 12.6. The van der Waals surface area contributed by atoms with Gasteiger partial charge in [-0.25, -0.2) is 4.98 Å². The van der Waals surface area contributed by atoms with Gasteiger partial charge < -0.3 is 12.9 Å². The number of halogens is 4. The fourth-order valence-corrected chi connectivity index (χ4v) is 0.736. The summed E-state index contributed by atoms with van der Waals surface area (Å²) in [6.07, 6.45) is 1.84. The average molecular weight is 229 g/mol. The Balaban J connectivity index is 0.00000169. The largest absolute Gasteiger partial charge is 1.00 e. The molecule has 1 aromatic heterocycles. The Morgan fingerprint density at radius 3 is 2.43 bits per heavy atom. The molecule has 1 heterocycles. The molecule has 0 unspecified atom stereocenters. The Bertz CT molecular complexity index is 326. The van der Waals surface area contributed by atoms with Gasteiger partial charge in [0.25, 0.3) is 0 Å². The van der Waals surface area contributed by atoms with E-state index in [-0.39, 0.29) is 62.9 Å². The molecule has 7 heteroatoms. The quantitative estimate of drug-likeness (QED) is 0.383. The van der Waals surface area contributed by atoms with Gasteiger partial charge in [0.2, 0.25) is 5.95 Å². The zero-order valence-corrected chi connectivity index (χ0v) is 10.5. The summed E-state index contributed by atoms with van der Waals surface area (Å²) in [6.45, 7) is -5.02. The van der Waals surface area contributed by atoms with E-state index < -0.39 is 12.9 Å². The van der Waals surface area contributed by atoms with Crippen LogP contribution in [0.1, 0.15) is 5.56 Å². The van der Waals surface area contributed by atoms with Crippen molar-refractivity contribution in [3.05, 3.63) is 35.8 Å². The third-order valence-corrected chi connectivity index (χ3v) is 1.28. The molecule has 0 atom stereocenters. The van der Waals surface area contributed by atoms with Gasteiger partial charge in [0, 0.05) is 11.8 Å². The van der Waals surface area contributed by atoms with Crippen LogP contribution in [0.2, 0.25) is 0 Å². The molecule has 1 aromatic rings. The van der Waals surface area contributed by atoms with Crippen LogP contribution in [0.5, 0.6) is 0 Å². The van der Waals surface area contributed by atoms with Crippen molar-refractivity contribution in [2.45, 2.75) is 0 Å².